The molecule has 0 spiro atoms. The van der Waals surface area contributed by atoms with Crippen LogP contribution in [0.1, 0.15) is 0 Å². The van der Waals surface area contributed by atoms with Crippen molar-refractivity contribution in [3.05, 3.63) is 0 Å². The minimum absolute atomic E-state index is 0.0801. The average molecular weight is 340 g/mol. The van der Waals surface area contributed by atoms with Crippen molar-refractivity contribution < 1.29 is 38.3 Å². The lowest BCUT2D eigenvalue weighted by atomic mass is 10.3. The Bertz CT molecular complexity index is 238. The van der Waals surface area contributed by atoms with Gasteiger partial charge in [0.2, 0.25) is 0 Å². The van der Waals surface area contributed by atoms with Crippen molar-refractivity contribution in [2.45, 2.75) is 18.3 Å². The summed E-state index contributed by atoms with van der Waals surface area (Å²) >= 11 is 0. The Balaban J connectivity index is 3.78. The van der Waals surface area contributed by atoms with E-state index in [1.807, 2.05) is 0 Å². The summed E-state index contributed by atoms with van der Waals surface area (Å²) in [6, 6.07) is 0. The van der Waals surface area contributed by atoms with Gasteiger partial charge in [-0.1, -0.05) is 0 Å². The number of hydrogen-bond donors (Lipinski definition) is 1. The molecule has 0 aliphatic carbocycles. The van der Waals surface area contributed by atoms with Gasteiger partial charge < -0.3 is 38.3 Å². The van der Waals surface area contributed by atoms with Crippen LogP contribution in [-0.4, -0.2) is 105 Å². The lowest BCUT2D eigenvalue weighted by Gasteiger charge is -2.20. The Hall–Kier alpha value is -0.320. The molecule has 0 rings (SSSR count). The molecule has 8 heteroatoms. The van der Waals surface area contributed by atoms with Crippen LogP contribution < -0.4 is 0 Å². The largest absolute Gasteiger partial charge is 0.394 e. The van der Waals surface area contributed by atoms with E-state index in [0.717, 1.165) is 0 Å². The quantitative estimate of drug-likeness (QED) is 0.362. The van der Waals surface area contributed by atoms with Gasteiger partial charge in [0.15, 0.2) is 0 Å². The number of ether oxygens (including phenoxy) is 7. The van der Waals surface area contributed by atoms with E-state index < -0.39 is 0 Å². The van der Waals surface area contributed by atoms with Crippen molar-refractivity contribution in [2.24, 2.45) is 0 Å². The monoisotopic (exact) mass is 340 g/mol. The highest BCUT2D eigenvalue weighted by Gasteiger charge is 2.13. The second-order valence-electron chi connectivity index (χ2n) is 4.90. The number of rotatable bonds is 17. The third-order valence-corrected chi connectivity index (χ3v) is 3.15. The van der Waals surface area contributed by atoms with Crippen LogP contribution in [0.5, 0.6) is 0 Å². The van der Waals surface area contributed by atoms with E-state index in [2.05, 4.69) is 0 Å². The fourth-order valence-corrected chi connectivity index (χ4v) is 1.58. The van der Waals surface area contributed by atoms with Gasteiger partial charge in [0.1, 0.15) is 18.3 Å². The molecule has 0 amide bonds. The maximum absolute atomic E-state index is 8.99. The van der Waals surface area contributed by atoms with E-state index in [1.54, 1.807) is 21.3 Å². The van der Waals surface area contributed by atoms with Crippen LogP contribution in [0, 0.1) is 0 Å². The van der Waals surface area contributed by atoms with Gasteiger partial charge in [-0.05, 0) is 0 Å². The fourth-order valence-electron chi connectivity index (χ4n) is 1.58. The smallest absolute Gasteiger partial charge is 0.104 e. The summed E-state index contributed by atoms with van der Waals surface area (Å²) in [5.41, 5.74) is 0. The summed E-state index contributed by atoms with van der Waals surface area (Å²) in [6.45, 7) is 2.89. The second-order valence-corrected chi connectivity index (χ2v) is 4.90. The predicted molar refractivity (Wildman–Crippen MR) is 83.8 cm³/mol. The molecule has 3 atom stereocenters. The molecular weight excluding hydrogens is 308 g/mol. The lowest BCUT2D eigenvalue weighted by molar-refractivity contribution is -0.0897. The molecule has 0 aliphatic rings. The maximum atomic E-state index is 8.99. The van der Waals surface area contributed by atoms with Crippen LogP contribution in [0.15, 0.2) is 0 Å². The van der Waals surface area contributed by atoms with Crippen molar-refractivity contribution in [2.75, 3.05) is 81.3 Å². The molecule has 0 aromatic rings. The highest BCUT2D eigenvalue weighted by molar-refractivity contribution is 4.60. The van der Waals surface area contributed by atoms with Crippen LogP contribution in [0.2, 0.25) is 0 Å². The zero-order chi connectivity index (χ0) is 17.3. The van der Waals surface area contributed by atoms with E-state index in [4.69, 9.17) is 38.3 Å². The van der Waals surface area contributed by atoms with E-state index >= 15 is 0 Å². The van der Waals surface area contributed by atoms with Crippen molar-refractivity contribution in [3.63, 3.8) is 0 Å². The van der Waals surface area contributed by atoms with Crippen LogP contribution in [0.3, 0.4) is 0 Å². The number of methoxy groups -OCH3 is 4. The summed E-state index contributed by atoms with van der Waals surface area (Å²) in [5.74, 6) is 0. The molecule has 0 bridgehead atoms. The summed E-state index contributed by atoms with van der Waals surface area (Å²) in [4.78, 5) is 0. The molecule has 3 unspecified atom stereocenters. The van der Waals surface area contributed by atoms with Crippen molar-refractivity contribution >= 4 is 0 Å². The Morgan fingerprint density at radius 2 is 1.04 bits per heavy atom. The molecule has 0 aromatic heterocycles. The number of hydrogen-bond acceptors (Lipinski definition) is 8. The molecule has 0 saturated heterocycles. The van der Waals surface area contributed by atoms with Crippen LogP contribution >= 0.6 is 0 Å². The summed E-state index contributed by atoms with van der Waals surface area (Å²) in [5, 5.41) is 8.99. The summed E-state index contributed by atoms with van der Waals surface area (Å²) in [7, 11) is 6.37. The molecule has 23 heavy (non-hydrogen) atoms. The van der Waals surface area contributed by atoms with Gasteiger partial charge in [-0.2, -0.15) is 0 Å². The van der Waals surface area contributed by atoms with Gasteiger partial charge in [-0.25, -0.2) is 0 Å². The summed E-state index contributed by atoms with van der Waals surface area (Å²) < 4.78 is 36.9. The molecule has 140 valence electrons. The summed E-state index contributed by atoms with van der Waals surface area (Å²) in [6.07, 6.45) is -0.661. The first kappa shape index (κ1) is 22.7. The van der Waals surface area contributed by atoms with Gasteiger partial charge in [0, 0.05) is 28.4 Å². The zero-order valence-corrected chi connectivity index (χ0v) is 14.7. The molecular formula is C15H32O8. The van der Waals surface area contributed by atoms with Gasteiger partial charge in [0.05, 0.1) is 52.9 Å². The standard InChI is InChI=1S/C15H32O8/c1-17-5-6-21-9-14(19-3)10-23-12-15(20-4)11-22-8-13(7-16)18-2/h13-16H,5-12H2,1-4H3. The van der Waals surface area contributed by atoms with Crippen molar-refractivity contribution in [1.82, 2.24) is 0 Å². The highest BCUT2D eigenvalue weighted by Crippen LogP contribution is 1.99. The topological polar surface area (TPSA) is 84.8 Å². The molecule has 0 saturated carbocycles. The van der Waals surface area contributed by atoms with Gasteiger partial charge in [-0.15, -0.1) is 0 Å². The van der Waals surface area contributed by atoms with Crippen LogP contribution in [0.25, 0.3) is 0 Å². The van der Waals surface area contributed by atoms with Gasteiger partial charge in [0.25, 0.3) is 0 Å². The van der Waals surface area contributed by atoms with E-state index in [-0.39, 0.29) is 24.9 Å². The average Bonchev–Trinajstić information content (AvgIpc) is 2.59. The first-order valence-electron chi connectivity index (χ1n) is 7.63. The molecule has 8 nitrogen and oxygen atoms in total. The van der Waals surface area contributed by atoms with Crippen molar-refractivity contribution in [3.8, 4) is 0 Å². The molecule has 0 fully saturated rings. The minimum atomic E-state index is -0.324. The van der Waals surface area contributed by atoms with Gasteiger partial charge >= 0.3 is 0 Å². The van der Waals surface area contributed by atoms with Crippen LogP contribution in [0.4, 0.5) is 0 Å². The Morgan fingerprint density at radius 1 is 0.609 bits per heavy atom. The Labute approximate surface area is 138 Å². The third-order valence-electron chi connectivity index (χ3n) is 3.15. The zero-order valence-electron chi connectivity index (χ0n) is 14.7. The van der Waals surface area contributed by atoms with E-state index in [1.165, 1.54) is 7.11 Å². The molecule has 1 N–H and O–H groups in total. The second kappa shape index (κ2) is 16.5. The predicted octanol–water partition coefficient (Wildman–Crippen LogP) is -0.280. The molecule has 0 aliphatic heterocycles. The molecule has 0 aromatic carbocycles. The fraction of sp³-hybridized carbons (Fsp3) is 1.00. The van der Waals surface area contributed by atoms with Crippen LogP contribution in [-0.2, 0) is 33.2 Å². The molecule has 0 radical (unpaired) electrons. The van der Waals surface area contributed by atoms with E-state index in [0.29, 0.717) is 46.2 Å². The van der Waals surface area contributed by atoms with E-state index in [9.17, 15) is 0 Å². The lowest BCUT2D eigenvalue weighted by Crippen LogP contribution is -2.31. The first-order chi connectivity index (χ1) is 11.2. The number of aliphatic hydroxyl groups excluding tert-OH is 1. The SMILES string of the molecule is COCCOCC(COCC(COCC(CO)OC)OC)OC. The highest BCUT2D eigenvalue weighted by atomic mass is 16.6. The first-order valence-corrected chi connectivity index (χ1v) is 7.63. The minimum Gasteiger partial charge on any atom is -0.394 e. The van der Waals surface area contributed by atoms with Gasteiger partial charge in [-0.3, -0.25) is 0 Å². The number of aliphatic hydroxyl groups is 1. The molecule has 0 heterocycles. The Morgan fingerprint density at radius 3 is 1.43 bits per heavy atom. The normalized spacial score (nSPS) is 15.5. The van der Waals surface area contributed by atoms with Crippen molar-refractivity contribution in [1.29, 1.82) is 0 Å². The Kier molecular flexibility index (Phi) is 16.3. The maximum Gasteiger partial charge on any atom is 0.104 e. The third kappa shape index (κ3) is 12.7.